The summed E-state index contributed by atoms with van der Waals surface area (Å²) in [6.07, 6.45) is 0.131. The lowest BCUT2D eigenvalue weighted by molar-refractivity contribution is -0.137. The van der Waals surface area contributed by atoms with Crippen LogP contribution in [0.5, 0.6) is 17.2 Å². The largest absolute Gasteiger partial charge is 0.489 e. The van der Waals surface area contributed by atoms with Gasteiger partial charge in [0, 0.05) is 31.2 Å². The maximum absolute atomic E-state index is 13.4. The van der Waals surface area contributed by atoms with Crippen LogP contribution >= 0.6 is 0 Å². The molecule has 0 bridgehead atoms. The number of hydrogen-bond acceptors (Lipinski definition) is 6. The minimum atomic E-state index is -4.62. The van der Waals surface area contributed by atoms with E-state index in [-0.39, 0.29) is 23.6 Å². The van der Waals surface area contributed by atoms with Gasteiger partial charge in [-0.2, -0.15) is 18.3 Å². The van der Waals surface area contributed by atoms with Crippen molar-refractivity contribution < 1.29 is 27.4 Å². The van der Waals surface area contributed by atoms with Gasteiger partial charge in [0.05, 0.1) is 35.0 Å². The van der Waals surface area contributed by atoms with Gasteiger partial charge in [-0.05, 0) is 54.6 Å². The van der Waals surface area contributed by atoms with E-state index >= 15 is 0 Å². The minimum Gasteiger partial charge on any atom is -0.489 e. The summed E-state index contributed by atoms with van der Waals surface area (Å²) < 4.78 is 54.5. The van der Waals surface area contributed by atoms with E-state index in [4.69, 9.17) is 9.47 Å². The Morgan fingerprint density at radius 3 is 2.61 bits per heavy atom. The lowest BCUT2D eigenvalue weighted by Crippen LogP contribution is -2.21. The summed E-state index contributed by atoms with van der Waals surface area (Å²) in [6, 6.07) is 15.0. The first-order valence-corrected chi connectivity index (χ1v) is 12.3. The number of nitrogens with zero attached hydrogens (tertiary/aromatic N) is 4. The van der Waals surface area contributed by atoms with Gasteiger partial charge in [-0.25, -0.2) is 9.78 Å². The Bertz CT molecular complexity index is 1750. The number of fused-ring (bicyclic) bond motifs is 1. The fourth-order valence-corrected chi connectivity index (χ4v) is 3.92. The van der Waals surface area contributed by atoms with E-state index < -0.39 is 17.8 Å². The first kappa shape index (κ1) is 27.2. The topological polar surface area (TPSA) is 112 Å². The molecule has 0 saturated carbocycles. The predicted octanol–water partition coefficient (Wildman–Crippen LogP) is 5.66. The first-order valence-electron chi connectivity index (χ1n) is 12.3. The molecule has 3 aromatic carbocycles. The molecular formula is C28H23F3N6O4. The molecule has 41 heavy (non-hydrogen) atoms. The summed E-state index contributed by atoms with van der Waals surface area (Å²) in [4.78, 5) is 29.4. The quantitative estimate of drug-likeness (QED) is 0.251. The molecule has 0 fully saturated rings. The number of anilines is 2. The SMILES string of the molecule is Cn1cnc2ccc(Oc3cccc(NC(=O)Nc4cc(C(F)(F)F)ccc4OCCn4cccn4)c3)cc2c1=O. The lowest BCUT2D eigenvalue weighted by atomic mass is 10.2. The van der Waals surface area contributed by atoms with Crippen molar-refractivity contribution in [1.29, 1.82) is 0 Å². The van der Waals surface area contributed by atoms with Crippen molar-refractivity contribution >= 4 is 28.3 Å². The number of aryl methyl sites for hydroxylation is 1. The standard InChI is InChI=1S/C28H23F3N6O4/c1-36-17-32-23-8-7-21(16-22(23)26(36)38)41-20-5-2-4-19(15-20)34-27(39)35-24-14-18(28(29,30)31)6-9-25(24)40-13-12-37-11-3-10-33-37/h2-11,14-17H,12-13H2,1H3,(H2,34,35,39). The third-order valence-electron chi connectivity index (χ3n) is 5.91. The molecule has 0 atom stereocenters. The smallest absolute Gasteiger partial charge is 0.416 e. The molecule has 0 aliphatic heterocycles. The average Bonchev–Trinajstić information content (AvgIpc) is 3.45. The molecule has 2 heterocycles. The lowest BCUT2D eigenvalue weighted by Gasteiger charge is -2.16. The Morgan fingerprint density at radius 2 is 1.83 bits per heavy atom. The number of urea groups is 1. The van der Waals surface area contributed by atoms with E-state index in [1.807, 2.05) is 0 Å². The molecule has 5 aromatic rings. The summed E-state index contributed by atoms with van der Waals surface area (Å²) in [5.41, 5.74) is -0.496. The number of amides is 2. The average molecular weight is 565 g/mol. The second-order valence-corrected chi connectivity index (χ2v) is 8.87. The van der Waals surface area contributed by atoms with E-state index in [2.05, 4.69) is 20.7 Å². The zero-order valence-corrected chi connectivity index (χ0v) is 21.6. The number of aromatic nitrogens is 4. The van der Waals surface area contributed by atoms with Crippen LogP contribution in [0.25, 0.3) is 10.9 Å². The van der Waals surface area contributed by atoms with Crippen LogP contribution in [0.4, 0.5) is 29.3 Å². The van der Waals surface area contributed by atoms with E-state index in [1.54, 1.807) is 66.6 Å². The van der Waals surface area contributed by atoms with Gasteiger partial charge in [0.15, 0.2) is 0 Å². The molecule has 0 unspecified atom stereocenters. The van der Waals surface area contributed by atoms with Gasteiger partial charge in [0.25, 0.3) is 5.56 Å². The monoisotopic (exact) mass is 564 g/mol. The molecule has 0 aliphatic rings. The maximum Gasteiger partial charge on any atom is 0.416 e. The molecule has 2 N–H and O–H groups in total. The Kier molecular flexibility index (Phi) is 7.59. The van der Waals surface area contributed by atoms with Gasteiger partial charge in [-0.15, -0.1) is 0 Å². The fraction of sp³-hybridized carbons (Fsp3) is 0.143. The van der Waals surface area contributed by atoms with Crippen LogP contribution < -0.4 is 25.7 Å². The molecule has 0 saturated heterocycles. The van der Waals surface area contributed by atoms with Crippen LogP contribution in [0.1, 0.15) is 5.56 Å². The van der Waals surface area contributed by atoms with Gasteiger partial charge in [0.2, 0.25) is 0 Å². The molecule has 10 nitrogen and oxygen atoms in total. The number of rotatable bonds is 8. The summed E-state index contributed by atoms with van der Waals surface area (Å²) in [5.74, 6) is 0.795. The third kappa shape index (κ3) is 6.64. The second-order valence-electron chi connectivity index (χ2n) is 8.87. The number of hydrogen-bond donors (Lipinski definition) is 2. The van der Waals surface area contributed by atoms with Crippen molar-refractivity contribution in [2.45, 2.75) is 12.7 Å². The predicted molar refractivity (Wildman–Crippen MR) is 145 cm³/mol. The summed E-state index contributed by atoms with van der Waals surface area (Å²) in [5, 5.41) is 9.44. The Balaban J connectivity index is 1.29. The molecule has 0 aliphatic carbocycles. The number of carbonyl (C=O) groups is 1. The summed E-state index contributed by atoms with van der Waals surface area (Å²) >= 11 is 0. The zero-order chi connectivity index (χ0) is 29.0. The van der Waals surface area contributed by atoms with Crippen molar-refractivity contribution in [1.82, 2.24) is 19.3 Å². The molecule has 0 radical (unpaired) electrons. The molecule has 13 heteroatoms. The highest BCUT2D eigenvalue weighted by molar-refractivity contribution is 6.00. The van der Waals surface area contributed by atoms with Crippen molar-refractivity contribution in [3.63, 3.8) is 0 Å². The second kappa shape index (κ2) is 11.4. The molecule has 2 amide bonds. The van der Waals surface area contributed by atoms with Crippen LogP contribution in [0.15, 0.2) is 90.2 Å². The van der Waals surface area contributed by atoms with E-state index in [1.165, 1.54) is 17.0 Å². The first-order chi connectivity index (χ1) is 19.7. The van der Waals surface area contributed by atoms with Crippen LogP contribution in [-0.4, -0.2) is 32.0 Å². The van der Waals surface area contributed by atoms with Crippen LogP contribution in [0, 0.1) is 0 Å². The molecule has 210 valence electrons. The third-order valence-corrected chi connectivity index (χ3v) is 5.91. The van der Waals surface area contributed by atoms with Gasteiger partial charge in [-0.3, -0.25) is 9.48 Å². The van der Waals surface area contributed by atoms with Gasteiger partial charge >= 0.3 is 12.2 Å². The highest BCUT2D eigenvalue weighted by Gasteiger charge is 2.31. The molecular weight excluding hydrogens is 541 g/mol. The maximum atomic E-state index is 13.4. The number of benzene rings is 3. The highest BCUT2D eigenvalue weighted by atomic mass is 19.4. The van der Waals surface area contributed by atoms with Crippen molar-refractivity contribution in [3.05, 3.63) is 101 Å². The van der Waals surface area contributed by atoms with Crippen molar-refractivity contribution in [3.8, 4) is 17.2 Å². The number of alkyl halides is 3. The Labute approximate surface area is 231 Å². The number of halogens is 3. The summed E-state index contributed by atoms with van der Waals surface area (Å²) in [6.45, 7) is 0.467. The summed E-state index contributed by atoms with van der Waals surface area (Å²) in [7, 11) is 1.60. The number of nitrogens with one attached hydrogen (secondary N) is 2. The molecule has 2 aromatic heterocycles. The van der Waals surface area contributed by atoms with Crippen molar-refractivity contribution in [2.75, 3.05) is 17.2 Å². The minimum absolute atomic E-state index is 0.0642. The van der Waals surface area contributed by atoms with Gasteiger partial charge < -0.3 is 24.7 Å². The molecule has 5 rings (SSSR count). The van der Waals surface area contributed by atoms with E-state index in [0.717, 1.165) is 18.2 Å². The molecule has 0 spiro atoms. The van der Waals surface area contributed by atoms with Gasteiger partial charge in [0.1, 0.15) is 23.9 Å². The van der Waals surface area contributed by atoms with Crippen molar-refractivity contribution in [2.24, 2.45) is 7.05 Å². The van der Waals surface area contributed by atoms with Crippen LogP contribution in [0.3, 0.4) is 0 Å². The number of carbonyl (C=O) groups excluding carboxylic acids is 1. The van der Waals surface area contributed by atoms with E-state index in [0.29, 0.717) is 34.6 Å². The van der Waals surface area contributed by atoms with E-state index in [9.17, 15) is 22.8 Å². The van der Waals surface area contributed by atoms with Gasteiger partial charge in [-0.1, -0.05) is 6.07 Å². The Hall–Kier alpha value is -5.33. The highest BCUT2D eigenvalue weighted by Crippen LogP contribution is 2.35. The zero-order valence-electron chi connectivity index (χ0n) is 21.6. The normalized spacial score (nSPS) is 11.3. The fourth-order valence-electron chi connectivity index (χ4n) is 3.92. The van der Waals surface area contributed by atoms with Crippen LogP contribution in [0.2, 0.25) is 0 Å². The Morgan fingerprint density at radius 1 is 1.00 bits per heavy atom. The van der Waals surface area contributed by atoms with Crippen LogP contribution in [-0.2, 0) is 19.8 Å². The number of ether oxygens (including phenoxy) is 2.